The average Bonchev–Trinajstić information content (AvgIpc) is 1.83. The third-order valence-electron chi connectivity index (χ3n) is 0.498. The molecule has 0 unspecified atom stereocenters. The van der Waals surface area contributed by atoms with E-state index in [4.69, 9.17) is 11.6 Å². The Hall–Kier alpha value is -0.500. The van der Waals surface area contributed by atoms with Crippen molar-refractivity contribution in [2.24, 2.45) is 0 Å². The molecule has 0 saturated heterocycles. The highest BCUT2D eigenvalue weighted by Gasteiger charge is 1.86. The minimum absolute atomic E-state index is 0.217. The van der Waals surface area contributed by atoms with Crippen LogP contribution in [0.5, 0.6) is 0 Å². The van der Waals surface area contributed by atoms with Crippen LogP contribution in [0.3, 0.4) is 0 Å². The topological polar surface area (TPSA) is 26.3 Å². The lowest BCUT2D eigenvalue weighted by atomic mass is 10.5. The van der Waals surface area contributed by atoms with Gasteiger partial charge in [-0.25, -0.2) is 4.79 Å². The molecule has 0 spiro atoms. The van der Waals surface area contributed by atoms with Crippen LogP contribution in [0.1, 0.15) is 0 Å². The van der Waals surface area contributed by atoms with Gasteiger partial charge in [0.1, 0.15) is 0 Å². The quantitative estimate of drug-likeness (QED) is 0.316. The van der Waals surface area contributed by atoms with Crippen LogP contribution < -0.4 is 0 Å². The highest BCUT2D eigenvalue weighted by atomic mass is 35.5. The Bertz CT molecular complexity index is 98.6. The number of alkyl halides is 1. The maximum absolute atomic E-state index is 10.2. The van der Waals surface area contributed by atoms with E-state index >= 15 is 0 Å². The normalized spacial score (nSPS) is 9.75. The molecule has 0 rings (SSSR count). The summed E-state index contributed by atoms with van der Waals surface area (Å²) in [5.41, 5.74) is 0. The Balaban J connectivity index is 3.37. The first-order valence-electron chi connectivity index (χ1n) is 2.01. The highest BCUT2D eigenvalue weighted by molar-refractivity contribution is 6.18. The zero-order valence-corrected chi connectivity index (χ0v) is 5.23. The number of hydrogen-bond acceptors (Lipinski definition) is 2. The molecule has 8 heavy (non-hydrogen) atoms. The lowest BCUT2D eigenvalue weighted by molar-refractivity contribution is -0.134. The Morgan fingerprint density at radius 2 is 2.62 bits per heavy atom. The van der Waals surface area contributed by atoms with Crippen molar-refractivity contribution in [2.45, 2.75) is 0 Å². The molecule has 0 atom stereocenters. The average molecular weight is 134 g/mol. The maximum Gasteiger partial charge on any atom is 0.330 e. The number of halogens is 1. The van der Waals surface area contributed by atoms with Crippen LogP contribution in [-0.4, -0.2) is 19.0 Å². The fourth-order valence-corrected chi connectivity index (χ4v) is 0.258. The van der Waals surface area contributed by atoms with Crippen LogP contribution in [0, 0.1) is 6.08 Å². The third kappa shape index (κ3) is 3.68. The number of carbonyl (C=O) groups excluding carboxylic acids is 1. The second-order valence-corrected chi connectivity index (χ2v) is 1.27. The molecule has 0 aliphatic heterocycles. The summed E-state index contributed by atoms with van der Waals surface area (Å²) < 4.78 is 4.24. The molecular weight excluding hydrogens is 128 g/mol. The maximum atomic E-state index is 10.2. The minimum Gasteiger partial charge on any atom is -0.466 e. The standard InChI is InChI=1S/C5H6ClO2/c1-8-5(7)3-2-4-6/h3H,4H2,1H3. The summed E-state index contributed by atoms with van der Waals surface area (Å²) >= 11 is 5.15. The van der Waals surface area contributed by atoms with E-state index in [1.165, 1.54) is 7.11 Å². The molecule has 0 aromatic heterocycles. The summed E-state index contributed by atoms with van der Waals surface area (Å²) in [4.78, 5) is 10.2. The summed E-state index contributed by atoms with van der Waals surface area (Å²) in [5.74, 6) is -0.208. The van der Waals surface area contributed by atoms with Crippen molar-refractivity contribution in [3.05, 3.63) is 12.2 Å². The van der Waals surface area contributed by atoms with Gasteiger partial charge in [0.25, 0.3) is 0 Å². The lowest BCUT2D eigenvalue weighted by Crippen LogP contribution is -1.93. The van der Waals surface area contributed by atoms with Crippen molar-refractivity contribution in [1.82, 2.24) is 0 Å². The van der Waals surface area contributed by atoms with Gasteiger partial charge in [-0.2, -0.15) is 0 Å². The Kier molecular flexibility index (Phi) is 4.36. The Morgan fingerprint density at radius 1 is 2.00 bits per heavy atom. The van der Waals surface area contributed by atoms with Crippen LogP contribution in [0.25, 0.3) is 0 Å². The molecule has 0 amide bonds. The smallest absolute Gasteiger partial charge is 0.330 e. The minimum atomic E-state index is -0.425. The SMILES string of the molecule is COC(=O)/C=[C]\CCl. The summed E-state index contributed by atoms with van der Waals surface area (Å²) in [6.45, 7) is 0. The molecule has 1 radical (unpaired) electrons. The highest BCUT2D eigenvalue weighted by Crippen LogP contribution is 1.78. The fourth-order valence-electron chi connectivity index (χ4n) is 0.181. The van der Waals surface area contributed by atoms with Crippen LogP contribution in [0.2, 0.25) is 0 Å². The molecule has 0 saturated carbocycles. The van der Waals surface area contributed by atoms with Gasteiger partial charge >= 0.3 is 5.97 Å². The van der Waals surface area contributed by atoms with E-state index in [2.05, 4.69) is 10.8 Å². The van der Waals surface area contributed by atoms with Gasteiger partial charge in [-0.3, -0.25) is 0 Å². The van der Waals surface area contributed by atoms with Crippen molar-refractivity contribution in [1.29, 1.82) is 0 Å². The van der Waals surface area contributed by atoms with Gasteiger partial charge in [0.15, 0.2) is 0 Å². The summed E-state index contributed by atoms with van der Waals surface area (Å²) in [6.07, 6.45) is 3.62. The molecule has 0 aliphatic rings. The summed E-state index contributed by atoms with van der Waals surface area (Å²) in [7, 11) is 1.30. The summed E-state index contributed by atoms with van der Waals surface area (Å²) in [6, 6.07) is 0. The number of esters is 1. The van der Waals surface area contributed by atoms with E-state index < -0.39 is 5.97 Å². The van der Waals surface area contributed by atoms with E-state index in [-0.39, 0.29) is 5.88 Å². The first kappa shape index (κ1) is 7.50. The fraction of sp³-hybridized carbons (Fsp3) is 0.400. The van der Waals surface area contributed by atoms with E-state index in [1.807, 2.05) is 0 Å². The van der Waals surface area contributed by atoms with E-state index in [0.717, 1.165) is 6.08 Å². The van der Waals surface area contributed by atoms with Gasteiger partial charge in [0.2, 0.25) is 0 Å². The number of carbonyl (C=O) groups is 1. The monoisotopic (exact) mass is 133 g/mol. The Morgan fingerprint density at radius 3 is 3.00 bits per heavy atom. The van der Waals surface area contributed by atoms with Crippen molar-refractivity contribution < 1.29 is 9.53 Å². The first-order chi connectivity index (χ1) is 3.81. The van der Waals surface area contributed by atoms with Crippen LogP contribution in [0.15, 0.2) is 6.08 Å². The van der Waals surface area contributed by atoms with Gasteiger partial charge in [0, 0.05) is 12.0 Å². The van der Waals surface area contributed by atoms with Crippen molar-refractivity contribution >= 4 is 17.6 Å². The van der Waals surface area contributed by atoms with Crippen molar-refractivity contribution in [3.63, 3.8) is 0 Å². The molecule has 0 bridgehead atoms. The van der Waals surface area contributed by atoms with Gasteiger partial charge in [-0.15, -0.1) is 11.6 Å². The molecule has 45 valence electrons. The molecule has 2 nitrogen and oxygen atoms in total. The van der Waals surface area contributed by atoms with Crippen LogP contribution >= 0.6 is 11.6 Å². The second-order valence-electron chi connectivity index (χ2n) is 1.01. The zero-order chi connectivity index (χ0) is 6.41. The van der Waals surface area contributed by atoms with Gasteiger partial charge in [0.05, 0.1) is 7.11 Å². The largest absolute Gasteiger partial charge is 0.466 e. The molecule has 0 fully saturated rings. The number of allylic oxidation sites excluding steroid dienone is 1. The molecule has 0 N–H and O–H groups in total. The molecular formula is C5H6ClO2. The second kappa shape index (κ2) is 4.65. The van der Waals surface area contributed by atoms with Gasteiger partial charge in [-0.1, -0.05) is 0 Å². The van der Waals surface area contributed by atoms with Crippen molar-refractivity contribution in [2.75, 3.05) is 13.0 Å². The molecule has 0 aromatic rings. The number of hydrogen-bond donors (Lipinski definition) is 0. The summed E-state index contributed by atoms with van der Waals surface area (Å²) in [5, 5.41) is 0. The van der Waals surface area contributed by atoms with Crippen molar-refractivity contribution in [3.8, 4) is 0 Å². The van der Waals surface area contributed by atoms with Gasteiger partial charge in [-0.05, 0) is 6.08 Å². The molecule has 0 heterocycles. The number of ether oxygens (including phenoxy) is 1. The van der Waals surface area contributed by atoms with Gasteiger partial charge < -0.3 is 4.74 Å². The zero-order valence-electron chi connectivity index (χ0n) is 4.48. The number of rotatable bonds is 2. The Labute approximate surface area is 53.1 Å². The van der Waals surface area contributed by atoms with E-state index in [9.17, 15) is 4.79 Å². The van der Waals surface area contributed by atoms with Crippen LogP contribution in [0.4, 0.5) is 0 Å². The third-order valence-corrected chi connectivity index (χ3v) is 0.653. The predicted octanol–water partition coefficient (Wildman–Crippen LogP) is 0.758. The molecule has 0 aliphatic carbocycles. The van der Waals surface area contributed by atoms with E-state index in [1.54, 1.807) is 0 Å². The lowest BCUT2D eigenvalue weighted by Gasteiger charge is -1.85. The number of methoxy groups -OCH3 is 1. The molecule has 0 aromatic carbocycles. The van der Waals surface area contributed by atoms with Crippen LogP contribution in [-0.2, 0) is 9.53 Å². The predicted molar refractivity (Wildman–Crippen MR) is 30.5 cm³/mol. The molecule has 3 heteroatoms. The first-order valence-corrected chi connectivity index (χ1v) is 2.55. The van der Waals surface area contributed by atoms with E-state index in [0.29, 0.717) is 0 Å².